The maximum absolute atomic E-state index is 13.9. The number of nitrogens with one attached hydrogen (secondary N) is 1. The van der Waals surface area contributed by atoms with Crippen LogP contribution in [-0.4, -0.2) is 20.4 Å². The highest BCUT2D eigenvalue weighted by Crippen LogP contribution is 2.23. The number of aromatic nitrogens is 3. The van der Waals surface area contributed by atoms with E-state index < -0.39 is 17.5 Å². The minimum absolute atomic E-state index is 0.00423. The minimum atomic E-state index is -0.467. The highest BCUT2D eigenvalue weighted by molar-refractivity contribution is 7.14. The zero-order chi connectivity index (χ0) is 21.1. The molecular formula is C21H14F2N4O2S. The molecule has 0 saturated carbocycles. The van der Waals surface area contributed by atoms with Gasteiger partial charge in [0.05, 0.1) is 24.0 Å². The number of anilines is 1. The molecule has 0 unspecified atom stereocenters. The van der Waals surface area contributed by atoms with Crippen molar-refractivity contribution < 1.29 is 13.6 Å². The second-order valence-corrected chi connectivity index (χ2v) is 7.19. The number of hydrogen-bond acceptors (Lipinski definition) is 5. The van der Waals surface area contributed by atoms with Crippen molar-refractivity contribution in [3.63, 3.8) is 0 Å². The molecule has 0 saturated heterocycles. The summed E-state index contributed by atoms with van der Waals surface area (Å²) in [7, 11) is 0. The standard InChI is InChI=1S/C21H14F2N4O2S/c22-15-6-7-17(24-9-15)18-12-30-21(25-18)26-20(29)14-5-8-19(28)27(11-14)10-13-3-1-2-4-16(13)23/h1-9,11-12H,10H2,(H,25,26,29). The third-order valence-corrected chi connectivity index (χ3v) is 5.02. The van der Waals surface area contributed by atoms with Gasteiger partial charge in [0.15, 0.2) is 5.13 Å². The van der Waals surface area contributed by atoms with Gasteiger partial charge in [-0.25, -0.2) is 13.8 Å². The van der Waals surface area contributed by atoms with E-state index >= 15 is 0 Å². The number of carbonyl (C=O) groups is 1. The average Bonchev–Trinajstić information content (AvgIpc) is 3.20. The quantitative estimate of drug-likeness (QED) is 0.526. The zero-order valence-corrected chi connectivity index (χ0v) is 16.2. The summed E-state index contributed by atoms with van der Waals surface area (Å²) in [6.07, 6.45) is 2.46. The Morgan fingerprint density at radius 1 is 1.07 bits per heavy atom. The minimum Gasteiger partial charge on any atom is -0.310 e. The zero-order valence-electron chi connectivity index (χ0n) is 15.4. The van der Waals surface area contributed by atoms with Crippen molar-refractivity contribution in [3.05, 3.63) is 99.4 Å². The van der Waals surface area contributed by atoms with Crippen molar-refractivity contribution in [2.24, 2.45) is 0 Å². The molecule has 3 aromatic heterocycles. The van der Waals surface area contributed by atoms with Gasteiger partial charge >= 0.3 is 0 Å². The van der Waals surface area contributed by atoms with Gasteiger partial charge in [-0.15, -0.1) is 11.3 Å². The smallest absolute Gasteiger partial charge is 0.258 e. The summed E-state index contributed by atoms with van der Waals surface area (Å²) in [6.45, 7) is 0.00423. The number of hydrogen-bond donors (Lipinski definition) is 1. The Hall–Kier alpha value is -3.72. The van der Waals surface area contributed by atoms with Gasteiger partial charge in [0, 0.05) is 23.2 Å². The lowest BCUT2D eigenvalue weighted by molar-refractivity contribution is 0.102. The largest absolute Gasteiger partial charge is 0.310 e. The van der Waals surface area contributed by atoms with Gasteiger partial charge in [-0.3, -0.25) is 19.9 Å². The highest BCUT2D eigenvalue weighted by atomic mass is 32.1. The van der Waals surface area contributed by atoms with Crippen LogP contribution in [0.3, 0.4) is 0 Å². The monoisotopic (exact) mass is 424 g/mol. The van der Waals surface area contributed by atoms with E-state index in [4.69, 9.17) is 0 Å². The first-order valence-corrected chi connectivity index (χ1v) is 9.70. The summed E-state index contributed by atoms with van der Waals surface area (Å²) in [6, 6.07) is 11.6. The van der Waals surface area contributed by atoms with Gasteiger partial charge in [-0.1, -0.05) is 18.2 Å². The Labute approximate surface area is 173 Å². The maximum atomic E-state index is 13.9. The third kappa shape index (κ3) is 4.31. The van der Waals surface area contributed by atoms with E-state index in [-0.39, 0.29) is 17.7 Å². The van der Waals surface area contributed by atoms with Crippen molar-refractivity contribution in [2.75, 3.05) is 5.32 Å². The summed E-state index contributed by atoms with van der Waals surface area (Å²) >= 11 is 1.19. The molecule has 3 heterocycles. The predicted octanol–water partition coefficient (Wildman–Crippen LogP) is 3.95. The summed E-state index contributed by atoms with van der Waals surface area (Å²) < 4.78 is 28.2. The van der Waals surface area contributed by atoms with E-state index in [0.717, 1.165) is 6.20 Å². The van der Waals surface area contributed by atoms with Gasteiger partial charge in [-0.2, -0.15) is 0 Å². The molecule has 0 fully saturated rings. The van der Waals surface area contributed by atoms with E-state index in [9.17, 15) is 18.4 Å². The van der Waals surface area contributed by atoms with Crippen LogP contribution in [0, 0.1) is 11.6 Å². The van der Waals surface area contributed by atoms with E-state index in [0.29, 0.717) is 22.1 Å². The molecule has 4 aromatic rings. The van der Waals surface area contributed by atoms with Gasteiger partial charge in [0.25, 0.3) is 11.5 Å². The fourth-order valence-corrected chi connectivity index (χ4v) is 3.44. The number of amides is 1. The first-order valence-electron chi connectivity index (χ1n) is 8.82. The molecule has 0 bridgehead atoms. The fraction of sp³-hybridized carbons (Fsp3) is 0.0476. The van der Waals surface area contributed by atoms with E-state index in [1.165, 1.54) is 52.4 Å². The second-order valence-electron chi connectivity index (χ2n) is 6.33. The summed E-state index contributed by atoms with van der Waals surface area (Å²) in [4.78, 5) is 32.9. The first-order chi connectivity index (χ1) is 14.5. The van der Waals surface area contributed by atoms with Crippen molar-refractivity contribution >= 4 is 22.4 Å². The van der Waals surface area contributed by atoms with Gasteiger partial charge in [-0.05, 0) is 24.3 Å². The van der Waals surface area contributed by atoms with E-state index in [1.807, 2.05) is 0 Å². The van der Waals surface area contributed by atoms with Gasteiger partial charge in [0.1, 0.15) is 17.3 Å². The molecule has 1 N–H and O–H groups in total. The number of benzene rings is 1. The Kier molecular flexibility index (Phi) is 5.44. The molecule has 6 nitrogen and oxygen atoms in total. The Balaban J connectivity index is 1.52. The molecule has 0 aliphatic rings. The van der Waals surface area contributed by atoms with E-state index in [1.54, 1.807) is 23.6 Å². The molecule has 150 valence electrons. The molecule has 0 aliphatic heterocycles. The summed E-state index contributed by atoms with van der Waals surface area (Å²) in [5, 5.41) is 4.68. The normalized spacial score (nSPS) is 10.7. The molecule has 30 heavy (non-hydrogen) atoms. The van der Waals surface area contributed by atoms with Crippen LogP contribution in [0.1, 0.15) is 15.9 Å². The number of pyridine rings is 2. The predicted molar refractivity (Wildman–Crippen MR) is 109 cm³/mol. The molecule has 9 heteroatoms. The lowest BCUT2D eigenvalue weighted by atomic mass is 10.2. The maximum Gasteiger partial charge on any atom is 0.258 e. The Bertz CT molecular complexity index is 1270. The lowest BCUT2D eigenvalue weighted by Gasteiger charge is -2.09. The van der Waals surface area contributed by atoms with Crippen LogP contribution < -0.4 is 10.9 Å². The Morgan fingerprint density at radius 3 is 2.67 bits per heavy atom. The van der Waals surface area contributed by atoms with Crippen molar-refractivity contribution in [2.45, 2.75) is 6.54 Å². The molecule has 4 rings (SSSR count). The number of carbonyl (C=O) groups excluding carboxylic acids is 1. The molecule has 0 spiro atoms. The van der Waals surface area contributed by atoms with Crippen LogP contribution in [0.15, 0.2) is 71.1 Å². The van der Waals surface area contributed by atoms with Crippen molar-refractivity contribution in [1.29, 1.82) is 0 Å². The lowest BCUT2D eigenvalue weighted by Crippen LogP contribution is -2.23. The molecule has 1 aromatic carbocycles. The fourth-order valence-electron chi connectivity index (χ4n) is 2.74. The third-order valence-electron chi connectivity index (χ3n) is 4.26. The van der Waals surface area contributed by atoms with Crippen LogP contribution in [-0.2, 0) is 6.54 Å². The molecule has 1 amide bonds. The van der Waals surface area contributed by atoms with Crippen molar-refractivity contribution in [1.82, 2.24) is 14.5 Å². The van der Waals surface area contributed by atoms with Crippen LogP contribution in [0.5, 0.6) is 0 Å². The number of halogens is 2. The summed E-state index contributed by atoms with van der Waals surface area (Å²) in [5.74, 6) is -1.35. The van der Waals surface area contributed by atoms with Crippen LogP contribution in [0.25, 0.3) is 11.4 Å². The topological polar surface area (TPSA) is 76.9 Å². The molecular weight excluding hydrogens is 410 g/mol. The second kappa shape index (κ2) is 8.34. The molecule has 0 radical (unpaired) electrons. The van der Waals surface area contributed by atoms with E-state index in [2.05, 4.69) is 15.3 Å². The number of rotatable bonds is 5. The molecule has 0 aliphatic carbocycles. The average molecular weight is 424 g/mol. The Morgan fingerprint density at radius 2 is 1.90 bits per heavy atom. The van der Waals surface area contributed by atoms with Crippen LogP contribution >= 0.6 is 11.3 Å². The number of nitrogens with zero attached hydrogens (tertiary/aromatic N) is 3. The van der Waals surface area contributed by atoms with Gasteiger partial charge in [0.2, 0.25) is 0 Å². The van der Waals surface area contributed by atoms with Crippen molar-refractivity contribution in [3.8, 4) is 11.4 Å². The number of thiazole rings is 1. The van der Waals surface area contributed by atoms with Crippen LogP contribution in [0.2, 0.25) is 0 Å². The SMILES string of the molecule is O=C(Nc1nc(-c2ccc(F)cn2)cs1)c1ccc(=O)n(Cc2ccccc2F)c1. The summed E-state index contributed by atoms with van der Waals surface area (Å²) in [5.41, 5.74) is 1.19. The molecule has 0 atom stereocenters. The van der Waals surface area contributed by atoms with Gasteiger partial charge < -0.3 is 4.57 Å². The first kappa shape index (κ1) is 19.6. The highest BCUT2D eigenvalue weighted by Gasteiger charge is 2.13. The van der Waals surface area contributed by atoms with Crippen LogP contribution in [0.4, 0.5) is 13.9 Å².